The highest BCUT2D eigenvalue weighted by atomic mass is 32.2. The number of aliphatic hydroxyl groups is 1. The molecule has 9 nitrogen and oxygen atoms in total. The third kappa shape index (κ3) is 5.75. The van der Waals surface area contributed by atoms with E-state index in [1.54, 1.807) is 12.3 Å². The second-order valence-electron chi connectivity index (χ2n) is 8.46. The smallest absolute Gasteiger partial charge is 0.279 e. The molecule has 1 aliphatic rings. The molecule has 12 heteroatoms. The van der Waals surface area contributed by atoms with Gasteiger partial charge in [0.05, 0.1) is 28.9 Å². The van der Waals surface area contributed by atoms with Crippen LogP contribution >= 0.6 is 0 Å². The van der Waals surface area contributed by atoms with E-state index in [9.17, 15) is 18.4 Å². The van der Waals surface area contributed by atoms with Crippen LogP contribution in [0.2, 0.25) is 0 Å². The molecule has 0 spiro atoms. The van der Waals surface area contributed by atoms with Gasteiger partial charge in [0.25, 0.3) is 6.43 Å². The van der Waals surface area contributed by atoms with E-state index in [-0.39, 0.29) is 17.9 Å². The first-order valence-corrected chi connectivity index (χ1v) is 12.0. The molecule has 2 aromatic rings. The van der Waals surface area contributed by atoms with E-state index in [1.165, 1.54) is 18.6 Å². The number of hydrogen-bond acceptors (Lipinski definition) is 8. The van der Waals surface area contributed by atoms with Crippen LogP contribution in [-0.2, 0) is 11.4 Å². The summed E-state index contributed by atoms with van der Waals surface area (Å²) in [6, 6.07) is 1.70. The standard InChI is InChI=1S/C21H29F2N7O2S/c1-12-10-30(13(2)14(21(12,3)31)8-28-33(4)32)19-7-16(26-11-27-19)17-9-25-18(29-17)6-5-15(24)20(22)23/h5-7,9,11-14,20,24,28,31H,8,10H2,1-4H3,(H,25,29)/b6-5-,24-15?. The van der Waals surface area contributed by atoms with Crippen LogP contribution in [0.5, 0.6) is 0 Å². The van der Waals surface area contributed by atoms with Crippen LogP contribution in [0, 0.1) is 17.2 Å². The molecular weight excluding hydrogens is 452 g/mol. The Morgan fingerprint density at radius 2 is 2.18 bits per heavy atom. The highest BCUT2D eigenvalue weighted by Crippen LogP contribution is 2.38. The Morgan fingerprint density at radius 3 is 2.85 bits per heavy atom. The van der Waals surface area contributed by atoms with Crippen LogP contribution in [0.25, 0.3) is 17.5 Å². The topological polar surface area (TPSA) is 137 Å². The monoisotopic (exact) mass is 481 g/mol. The number of nitrogens with one attached hydrogen (secondary N) is 3. The molecule has 0 radical (unpaired) electrons. The van der Waals surface area contributed by atoms with E-state index < -0.39 is 29.1 Å². The lowest BCUT2D eigenvalue weighted by molar-refractivity contribution is -0.0682. The molecule has 2 aromatic heterocycles. The van der Waals surface area contributed by atoms with Crippen molar-refractivity contribution in [1.29, 1.82) is 5.41 Å². The zero-order valence-corrected chi connectivity index (χ0v) is 19.7. The number of nitrogens with zero attached hydrogens (tertiary/aromatic N) is 4. The minimum atomic E-state index is -2.84. The predicted octanol–water partition coefficient (Wildman–Crippen LogP) is 2.26. The molecular formula is C21H29F2N7O2S. The van der Waals surface area contributed by atoms with Crippen LogP contribution in [0.3, 0.4) is 0 Å². The molecule has 0 saturated carbocycles. The summed E-state index contributed by atoms with van der Waals surface area (Å²) in [5.74, 6) is 0.727. The summed E-state index contributed by atoms with van der Waals surface area (Å²) in [5.41, 5.74) is -0.601. The number of hydrogen-bond donors (Lipinski definition) is 4. The van der Waals surface area contributed by atoms with Crippen molar-refractivity contribution in [2.45, 2.75) is 38.8 Å². The molecule has 0 bridgehead atoms. The Bertz CT molecular complexity index is 998. The summed E-state index contributed by atoms with van der Waals surface area (Å²) in [5, 5.41) is 18.3. The molecule has 1 aliphatic heterocycles. The maximum Gasteiger partial charge on any atom is 0.279 e. The Morgan fingerprint density at radius 1 is 1.45 bits per heavy atom. The number of anilines is 1. The number of halogens is 2. The van der Waals surface area contributed by atoms with Crippen molar-refractivity contribution in [3.63, 3.8) is 0 Å². The van der Waals surface area contributed by atoms with E-state index in [0.29, 0.717) is 36.1 Å². The number of aromatic nitrogens is 4. The maximum absolute atomic E-state index is 12.5. The van der Waals surface area contributed by atoms with Gasteiger partial charge in [0, 0.05) is 48.4 Å². The van der Waals surface area contributed by atoms with Gasteiger partial charge in [-0.2, -0.15) is 0 Å². The van der Waals surface area contributed by atoms with E-state index in [0.717, 1.165) is 6.08 Å². The van der Waals surface area contributed by atoms with Crippen LogP contribution in [0.4, 0.5) is 14.6 Å². The molecule has 3 rings (SSSR count). The second-order valence-corrected chi connectivity index (χ2v) is 9.66. The lowest BCUT2D eigenvalue weighted by Crippen LogP contribution is -2.63. The average molecular weight is 482 g/mol. The molecule has 4 N–H and O–H groups in total. The highest BCUT2D eigenvalue weighted by molar-refractivity contribution is 7.88. The molecule has 0 aliphatic carbocycles. The minimum Gasteiger partial charge on any atom is -0.598 e. The molecule has 1 fully saturated rings. The Hall–Kier alpha value is -2.41. The van der Waals surface area contributed by atoms with Gasteiger partial charge in [-0.05, 0) is 26.0 Å². The van der Waals surface area contributed by atoms with Gasteiger partial charge in [-0.1, -0.05) is 6.92 Å². The van der Waals surface area contributed by atoms with Crippen LogP contribution in [0.15, 0.2) is 24.7 Å². The molecule has 0 amide bonds. The van der Waals surface area contributed by atoms with Crippen LogP contribution in [-0.4, -0.2) is 72.7 Å². The summed E-state index contributed by atoms with van der Waals surface area (Å²) < 4.78 is 39.5. The quantitative estimate of drug-likeness (QED) is 0.335. The summed E-state index contributed by atoms with van der Waals surface area (Å²) in [4.78, 5) is 18.0. The lowest BCUT2D eigenvalue weighted by atomic mass is 9.71. The number of allylic oxidation sites excluding steroid dienone is 1. The van der Waals surface area contributed by atoms with Crippen molar-refractivity contribution in [2.75, 3.05) is 24.2 Å². The fourth-order valence-corrected chi connectivity index (χ4v) is 4.46. The summed E-state index contributed by atoms with van der Waals surface area (Å²) in [7, 11) is 0. The molecule has 33 heavy (non-hydrogen) atoms. The van der Waals surface area contributed by atoms with E-state index in [2.05, 4.69) is 29.6 Å². The van der Waals surface area contributed by atoms with Crippen LogP contribution in [0.1, 0.15) is 26.6 Å². The van der Waals surface area contributed by atoms with Gasteiger partial charge in [0.1, 0.15) is 24.2 Å². The molecule has 3 heterocycles. The number of alkyl halides is 2. The van der Waals surface area contributed by atoms with Gasteiger partial charge >= 0.3 is 0 Å². The zero-order valence-electron chi connectivity index (χ0n) is 18.9. The largest absolute Gasteiger partial charge is 0.598 e. The molecule has 0 aromatic carbocycles. The highest BCUT2D eigenvalue weighted by Gasteiger charge is 2.47. The summed E-state index contributed by atoms with van der Waals surface area (Å²) in [6.07, 6.45) is 4.00. The summed E-state index contributed by atoms with van der Waals surface area (Å²) in [6.45, 7) is 6.75. The first-order valence-electron chi connectivity index (χ1n) is 10.5. The summed E-state index contributed by atoms with van der Waals surface area (Å²) >= 11 is -1.19. The van der Waals surface area contributed by atoms with Crippen molar-refractivity contribution in [2.24, 2.45) is 11.8 Å². The Kier molecular flexibility index (Phi) is 7.83. The zero-order chi connectivity index (χ0) is 24.3. The number of piperidine rings is 1. The Balaban J connectivity index is 1.83. The Labute approximate surface area is 194 Å². The SMILES string of the molecule is CC1C(CN[S+](C)[O-])C(C)(O)C(C)CN1c1cc(-c2cnc(/C=C\C(=N)C(F)F)[nH]2)ncn1. The van der Waals surface area contributed by atoms with Gasteiger partial charge in [-0.3, -0.25) is 5.41 Å². The fourth-order valence-electron chi connectivity index (χ4n) is 4.05. The van der Waals surface area contributed by atoms with Crippen molar-refractivity contribution >= 4 is 29.0 Å². The van der Waals surface area contributed by atoms with Gasteiger partial charge < -0.3 is 19.5 Å². The normalized spacial score (nSPS) is 26.8. The van der Waals surface area contributed by atoms with Gasteiger partial charge in [0.2, 0.25) is 0 Å². The van der Waals surface area contributed by atoms with Crippen molar-refractivity contribution in [3.8, 4) is 11.4 Å². The van der Waals surface area contributed by atoms with Gasteiger partial charge in [0.15, 0.2) is 0 Å². The first-order chi connectivity index (χ1) is 15.5. The number of H-pyrrole nitrogens is 1. The van der Waals surface area contributed by atoms with E-state index >= 15 is 0 Å². The third-order valence-electron chi connectivity index (χ3n) is 6.27. The fraction of sp³-hybridized carbons (Fsp3) is 0.524. The second kappa shape index (κ2) is 10.2. The number of imidazole rings is 1. The third-order valence-corrected chi connectivity index (χ3v) is 6.85. The molecule has 5 unspecified atom stereocenters. The van der Waals surface area contributed by atoms with Crippen molar-refractivity contribution in [3.05, 3.63) is 30.5 Å². The molecule has 180 valence electrons. The van der Waals surface area contributed by atoms with Gasteiger partial charge in [-0.25, -0.2) is 23.7 Å². The molecule has 5 atom stereocenters. The van der Waals surface area contributed by atoms with Crippen molar-refractivity contribution < 1.29 is 18.4 Å². The predicted molar refractivity (Wildman–Crippen MR) is 125 cm³/mol. The number of aromatic amines is 1. The first kappa shape index (κ1) is 25.2. The van der Waals surface area contributed by atoms with Crippen LogP contribution < -0.4 is 9.62 Å². The van der Waals surface area contributed by atoms with Crippen molar-refractivity contribution in [1.82, 2.24) is 24.7 Å². The minimum absolute atomic E-state index is 0.0711. The van der Waals surface area contributed by atoms with E-state index in [1.807, 2.05) is 20.8 Å². The van der Waals surface area contributed by atoms with E-state index in [4.69, 9.17) is 5.41 Å². The lowest BCUT2D eigenvalue weighted by Gasteiger charge is -2.51. The number of rotatable bonds is 8. The van der Waals surface area contributed by atoms with Gasteiger partial charge in [-0.15, -0.1) is 4.72 Å². The average Bonchev–Trinajstić information content (AvgIpc) is 3.23. The maximum atomic E-state index is 12.5. The molecule has 1 saturated heterocycles.